The standard InChI is InChI=1S/C26H26N2O4/c1-17-10-12-18(13-11-17)27-25(30)24(14-15-29)28-26(31)32-16-23-21-8-4-2-6-19(21)20-7-3-5-9-22(20)23/h2-13,23-24,29H,14-16H2,1H3,(H,27,30)(H,28,31)/t24-/m0/s1. The minimum atomic E-state index is -0.906. The molecule has 0 aromatic heterocycles. The minimum Gasteiger partial charge on any atom is -0.449 e. The molecule has 0 heterocycles. The van der Waals surface area contributed by atoms with E-state index in [-0.39, 0.29) is 25.6 Å². The van der Waals surface area contributed by atoms with E-state index in [9.17, 15) is 14.7 Å². The molecule has 164 valence electrons. The normalized spacial score (nSPS) is 13.1. The topological polar surface area (TPSA) is 87.7 Å². The number of amides is 2. The molecule has 0 fully saturated rings. The van der Waals surface area contributed by atoms with Gasteiger partial charge >= 0.3 is 6.09 Å². The second-order valence-electron chi connectivity index (χ2n) is 7.89. The Bertz CT molecular complexity index is 1070. The average molecular weight is 431 g/mol. The van der Waals surface area contributed by atoms with Crippen LogP contribution in [0, 0.1) is 6.92 Å². The predicted molar refractivity (Wildman–Crippen MR) is 124 cm³/mol. The van der Waals surface area contributed by atoms with Gasteiger partial charge in [0.25, 0.3) is 0 Å². The number of benzene rings is 3. The Balaban J connectivity index is 1.40. The van der Waals surface area contributed by atoms with E-state index < -0.39 is 18.0 Å². The van der Waals surface area contributed by atoms with E-state index in [1.165, 1.54) is 0 Å². The zero-order valence-electron chi connectivity index (χ0n) is 17.9. The van der Waals surface area contributed by atoms with Crippen LogP contribution in [0.15, 0.2) is 72.8 Å². The Morgan fingerprint density at radius 2 is 1.53 bits per heavy atom. The Labute approximate surface area is 187 Å². The van der Waals surface area contributed by atoms with E-state index in [0.717, 1.165) is 27.8 Å². The van der Waals surface area contributed by atoms with Gasteiger partial charge in [-0.25, -0.2) is 4.79 Å². The van der Waals surface area contributed by atoms with Crippen LogP contribution in [0.5, 0.6) is 0 Å². The lowest BCUT2D eigenvalue weighted by Crippen LogP contribution is -2.44. The highest BCUT2D eigenvalue weighted by Crippen LogP contribution is 2.44. The SMILES string of the molecule is Cc1ccc(NC(=O)[C@H](CCO)NC(=O)OCC2c3ccccc3-c3ccccc32)cc1. The molecule has 0 saturated carbocycles. The van der Waals surface area contributed by atoms with Gasteiger partial charge in [0, 0.05) is 18.2 Å². The van der Waals surface area contributed by atoms with Crippen LogP contribution in [-0.4, -0.2) is 36.4 Å². The molecule has 3 aromatic carbocycles. The first-order valence-corrected chi connectivity index (χ1v) is 10.7. The van der Waals surface area contributed by atoms with Crippen molar-refractivity contribution < 1.29 is 19.4 Å². The number of hydrogen-bond acceptors (Lipinski definition) is 4. The van der Waals surface area contributed by atoms with Crippen LogP contribution >= 0.6 is 0 Å². The molecule has 2 amide bonds. The average Bonchev–Trinajstić information content (AvgIpc) is 3.13. The number of nitrogens with one attached hydrogen (secondary N) is 2. The number of hydrogen-bond donors (Lipinski definition) is 3. The fraction of sp³-hybridized carbons (Fsp3) is 0.231. The lowest BCUT2D eigenvalue weighted by atomic mass is 9.98. The number of ether oxygens (including phenoxy) is 1. The molecular weight excluding hydrogens is 404 g/mol. The summed E-state index contributed by atoms with van der Waals surface area (Å²) >= 11 is 0. The predicted octanol–water partition coefficient (Wildman–Crippen LogP) is 4.22. The second kappa shape index (κ2) is 9.66. The molecule has 3 aromatic rings. The third-order valence-corrected chi connectivity index (χ3v) is 5.69. The van der Waals surface area contributed by atoms with Gasteiger partial charge in [0.05, 0.1) is 0 Å². The molecule has 1 aliphatic carbocycles. The van der Waals surface area contributed by atoms with Crippen LogP contribution in [0.2, 0.25) is 0 Å². The number of fused-ring (bicyclic) bond motifs is 3. The third-order valence-electron chi connectivity index (χ3n) is 5.69. The Kier molecular flexibility index (Phi) is 6.52. The molecule has 0 spiro atoms. The first-order valence-electron chi connectivity index (χ1n) is 10.7. The first kappa shape index (κ1) is 21.6. The van der Waals surface area contributed by atoms with Gasteiger partial charge in [-0.3, -0.25) is 4.79 Å². The van der Waals surface area contributed by atoms with Crippen molar-refractivity contribution in [1.29, 1.82) is 0 Å². The molecule has 0 aliphatic heterocycles. The number of aliphatic hydroxyl groups is 1. The highest BCUT2D eigenvalue weighted by molar-refractivity contribution is 5.96. The number of alkyl carbamates (subject to hydrolysis) is 1. The molecule has 0 radical (unpaired) electrons. The van der Waals surface area contributed by atoms with Crippen molar-refractivity contribution in [2.75, 3.05) is 18.5 Å². The highest BCUT2D eigenvalue weighted by Gasteiger charge is 2.29. The summed E-state index contributed by atoms with van der Waals surface area (Å²) in [5.41, 5.74) is 6.22. The van der Waals surface area contributed by atoms with Crippen LogP contribution in [-0.2, 0) is 9.53 Å². The summed E-state index contributed by atoms with van der Waals surface area (Å²) in [5.74, 6) is -0.470. The van der Waals surface area contributed by atoms with Gasteiger partial charge in [-0.15, -0.1) is 0 Å². The number of carbonyl (C=O) groups excluding carboxylic acids is 2. The molecule has 0 bridgehead atoms. The Morgan fingerprint density at radius 1 is 0.938 bits per heavy atom. The summed E-state index contributed by atoms with van der Waals surface area (Å²) in [6, 6.07) is 22.6. The zero-order chi connectivity index (χ0) is 22.5. The number of anilines is 1. The van der Waals surface area contributed by atoms with Crippen molar-refractivity contribution in [3.63, 3.8) is 0 Å². The molecule has 6 nitrogen and oxygen atoms in total. The number of carbonyl (C=O) groups is 2. The smallest absolute Gasteiger partial charge is 0.407 e. The number of aliphatic hydroxyl groups excluding tert-OH is 1. The van der Waals surface area contributed by atoms with Crippen LogP contribution in [0.25, 0.3) is 11.1 Å². The highest BCUT2D eigenvalue weighted by atomic mass is 16.5. The molecule has 6 heteroatoms. The van der Waals surface area contributed by atoms with Crippen LogP contribution in [0.1, 0.15) is 29.0 Å². The fourth-order valence-corrected chi connectivity index (χ4v) is 4.05. The summed E-state index contributed by atoms with van der Waals surface area (Å²) in [6.45, 7) is 1.87. The monoisotopic (exact) mass is 430 g/mol. The Hall–Kier alpha value is -3.64. The summed E-state index contributed by atoms with van der Waals surface area (Å²) in [6.07, 6.45) is -0.605. The summed E-state index contributed by atoms with van der Waals surface area (Å²) < 4.78 is 5.52. The van der Waals surface area contributed by atoms with Crippen molar-refractivity contribution >= 4 is 17.7 Å². The van der Waals surface area contributed by atoms with Crippen molar-refractivity contribution in [3.8, 4) is 11.1 Å². The van der Waals surface area contributed by atoms with Crippen molar-refractivity contribution in [1.82, 2.24) is 5.32 Å². The van der Waals surface area contributed by atoms with E-state index in [1.54, 1.807) is 12.1 Å². The number of rotatable bonds is 7. The van der Waals surface area contributed by atoms with E-state index >= 15 is 0 Å². The van der Waals surface area contributed by atoms with E-state index in [0.29, 0.717) is 5.69 Å². The van der Waals surface area contributed by atoms with Crippen molar-refractivity contribution in [2.45, 2.75) is 25.3 Å². The van der Waals surface area contributed by atoms with E-state index in [1.807, 2.05) is 55.5 Å². The summed E-state index contributed by atoms with van der Waals surface area (Å²) in [7, 11) is 0. The zero-order valence-corrected chi connectivity index (χ0v) is 17.9. The van der Waals surface area contributed by atoms with Gasteiger partial charge in [-0.1, -0.05) is 66.2 Å². The molecule has 3 N–H and O–H groups in total. The Morgan fingerprint density at radius 3 is 2.12 bits per heavy atom. The molecule has 4 rings (SSSR count). The van der Waals surface area contributed by atoms with Gasteiger partial charge in [0.1, 0.15) is 12.6 Å². The molecular formula is C26H26N2O4. The molecule has 1 aliphatic rings. The molecule has 0 saturated heterocycles. The quantitative estimate of drug-likeness (QED) is 0.524. The number of aryl methyl sites for hydroxylation is 1. The van der Waals surface area contributed by atoms with Crippen molar-refractivity contribution in [2.24, 2.45) is 0 Å². The van der Waals surface area contributed by atoms with Crippen LogP contribution < -0.4 is 10.6 Å². The van der Waals surface area contributed by atoms with Gasteiger partial charge in [0.15, 0.2) is 0 Å². The summed E-state index contributed by atoms with van der Waals surface area (Å²) in [4.78, 5) is 25.1. The largest absolute Gasteiger partial charge is 0.449 e. The van der Waals surface area contributed by atoms with Gasteiger partial charge in [-0.2, -0.15) is 0 Å². The third kappa shape index (κ3) is 4.65. The fourth-order valence-electron chi connectivity index (χ4n) is 4.05. The van der Waals surface area contributed by atoms with E-state index in [4.69, 9.17) is 4.74 Å². The van der Waals surface area contributed by atoms with Gasteiger partial charge < -0.3 is 20.5 Å². The lowest BCUT2D eigenvalue weighted by Gasteiger charge is -2.19. The van der Waals surface area contributed by atoms with Crippen LogP contribution in [0.3, 0.4) is 0 Å². The van der Waals surface area contributed by atoms with Gasteiger partial charge in [-0.05, 0) is 47.7 Å². The maximum atomic E-state index is 12.6. The maximum Gasteiger partial charge on any atom is 0.407 e. The molecule has 0 unspecified atom stereocenters. The first-order chi connectivity index (χ1) is 15.6. The van der Waals surface area contributed by atoms with Crippen molar-refractivity contribution in [3.05, 3.63) is 89.5 Å². The molecule has 1 atom stereocenters. The summed E-state index contributed by atoms with van der Waals surface area (Å²) in [5, 5.41) is 14.7. The minimum absolute atomic E-state index is 0.0640. The lowest BCUT2D eigenvalue weighted by molar-refractivity contribution is -0.118. The molecule has 32 heavy (non-hydrogen) atoms. The van der Waals surface area contributed by atoms with Crippen LogP contribution in [0.4, 0.5) is 10.5 Å². The maximum absolute atomic E-state index is 12.6. The van der Waals surface area contributed by atoms with E-state index in [2.05, 4.69) is 22.8 Å². The van der Waals surface area contributed by atoms with Gasteiger partial charge in [0.2, 0.25) is 5.91 Å². The second-order valence-corrected chi connectivity index (χ2v) is 7.89.